The molecule has 1 rings (SSSR count). The Morgan fingerprint density at radius 2 is 1.89 bits per heavy atom. The van der Waals surface area contributed by atoms with Crippen molar-refractivity contribution in [1.29, 1.82) is 0 Å². The van der Waals surface area contributed by atoms with Crippen molar-refractivity contribution in [3.63, 3.8) is 0 Å². The molecule has 0 heterocycles. The van der Waals surface area contributed by atoms with Crippen molar-refractivity contribution in [2.45, 2.75) is 26.8 Å². The Labute approximate surface area is 105 Å². The maximum atomic E-state index is 13.3. The minimum Gasteiger partial charge on any atom is -0.481 e. The molecule has 1 aromatic carbocycles. The molecule has 0 aliphatic rings. The van der Waals surface area contributed by atoms with Crippen molar-refractivity contribution < 1.29 is 18.7 Å². The van der Waals surface area contributed by atoms with Gasteiger partial charge in [0, 0.05) is 12.1 Å². The molecule has 100 valence electrons. The molecule has 0 spiro atoms. The molecule has 0 amide bonds. The summed E-state index contributed by atoms with van der Waals surface area (Å²) in [5.74, 6) is -2.08. The number of rotatable bonds is 6. The minimum absolute atomic E-state index is 0.0226. The van der Waals surface area contributed by atoms with Crippen molar-refractivity contribution >= 4 is 5.97 Å². The van der Waals surface area contributed by atoms with Crippen LogP contribution >= 0.6 is 0 Å². The summed E-state index contributed by atoms with van der Waals surface area (Å²) in [6.07, 6.45) is 0.387. The fourth-order valence-electron chi connectivity index (χ4n) is 1.42. The summed E-state index contributed by atoms with van der Waals surface area (Å²) < 4.78 is 26.5. The van der Waals surface area contributed by atoms with Crippen LogP contribution in [0.25, 0.3) is 0 Å². The van der Waals surface area contributed by atoms with Gasteiger partial charge in [-0.15, -0.1) is 0 Å². The summed E-state index contributed by atoms with van der Waals surface area (Å²) in [5.41, 5.74) is -0.869. The molecular formula is C13H17F2NO2. The zero-order chi connectivity index (χ0) is 13.8. The highest BCUT2D eigenvalue weighted by Crippen LogP contribution is 2.19. The predicted octanol–water partition coefficient (Wildman–Crippen LogP) is 2.56. The maximum Gasteiger partial charge on any atom is 0.309 e. The van der Waals surface area contributed by atoms with Gasteiger partial charge in [0.05, 0.1) is 5.41 Å². The van der Waals surface area contributed by atoms with Crippen molar-refractivity contribution in [2.24, 2.45) is 5.41 Å². The van der Waals surface area contributed by atoms with Crippen LogP contribution in [0.4, 0.5) is 8.78 Å². The van der Waals surface area contributed by atoms with Crippen LogP contribution < -0.4 is 5.32 Å². The highest BCUT2D eigenvalue weighted by molar-refractivity contribution is 5.73. The highest BCUT2D eigenvalue weighted by Gasteiger charge is 2.26. The number of aliphatic carboxylic acids is 1. The van der Waals surface area contributed by atoms with E-state index in [1.165, 1.54) is 18.2 Å². The Kier molecular flexibility index (Phi) is 4.78. The molecule has 5 heteroatoms. The quantitative estimate of drug-likeness (QED) is 0.770. The lowest BCUT2D eigenvalue weighted by Gasteiger charge is -2.19. The van der Waals surface area contributed by atoms with E-state index in [9.17, 15) is 13.6 Å². The molecular weight excluding hydrogens is 240 g/mol. The van der Waals surface area contributed by atoms with Crippen LogP contribution in [0.2, 0.25) is 0 Å². The normalized spacial score (nSPS) is 11.6. The van der Waals surface area contributed by atoms with Gasteiger partial charge in [0.15, 0.2) is 0 Å². The summed E-state index contributed by atoms with van der Waals surface area (Å²) in [4.78, 5) is 10.8. The fourth-order valence-corrected chi connectivity index (χ4v) is 1.42. The molecule has 0 aromatic heterocycles. The van der Waals surface area contributed by atoms with Crippen LogP contribution in [0.3, 0.4) is 0 Å². The van der Waals surface area contributed by atoms with Crippen LogP contribution in [0.5, 0.6) is 0 Å². The Morgan fingerprint density at radius 3 is 2.39 bits per heavy atom. The van der Waals surface area contributed by atoms with Crippen LogP contribution in [0.15, 0.2) is 18.2 Å². The van der Waals surface area contributed by atoms with Gasteiger partial charge in [0.25, 0.3) is 0 Å². The number of halogens is 2. The molecule has 0 saturated carbocycles. The van der Waals surface area contributed by atoms with Crippen LogP contribution in [0, 0.1) is 17.0 Å². The van der Waals surface area contributed by atoms with Gasteiger partial charge in [-0.1, -0.05) is 6.07 Å². The molecule has 1 aromatic rings. The second-order valence-electron chi connectivity index (χ2n) is 4.82. The molecule has 0 aliphatic carbocycles. The third-order valence-corrected chi connectivity index (χ3v) is 2.87. The first-order valence-corrected chi connectivity index (χ1v) is 5.71. The number of carbonyl (C=O) groups is 1. The number of carboxylic acids is 1. The van der Waals surface area contributed by atoms with E-state index >= 15 is 0 Å². The Hall–Kier alpha value is -1.49. The first-order valence-electron chi connectivity index (χ1n) is 5.71. The first-order chi connectivity index (χ1) is 8.34. The molecule has 0 atom stereocenters. The smallest absolute Gasteiger partial charge is 0.309 e. The van der Waals surface area contributed by atoms with Gasteiger partial charge in [-0.3, -0.25) is 4.79 Å². The van der Waals surface area contributed by atoms with E-state index in [2.05, 4.69) is 5.32 Å². The molecule has 18 heavy (non-hydrogen) atoms. The van der Waals surface area contributed by atoms with E-state index in [0.29, 0.717) is 13.0 Å². The summed E-state index contributed by atoms with van der Waals surface area (Å²) in [5, 5.41) is 11.7. The third kappa shape index (κ3) is 3.77. The van der Waals surface area contributed by atoms with E-state index in [0.717, 1.165) is 0 Å². The molecule has 2 N–H and O–H groups in total. The average molecular weight is 257 g/mol. The third-order valence-electron chi connectivity index (χ3n) is 2.87. The first kappa shape index (κ1) is 14.6. The van der Waals surface area contributed by atoms with Gasteiger partial charge in [-0.2, -0.15) is 0 Å². The second-order valence-corrected chi connectivity index (χ2v) is 4.82. The summed E-state index contributed by atoms with van der Waals surface area (Å²) >= 11 is 0. The summed E-state index contributed by atoms with van der Waals surface area (Å²) in [6.45, 7) is 3.66. The van der Waals surface area contributed by atoms with Gasteiger partial charge >= 0.3 is 5.97 Å². The topological polar surface area (TPSA) is 49.3 Å². The predicted molar refractivity (Wildman–Crippen MR) is 64.1 cm³/mol. The number of carboxylic acid groups (broad SMARTS) is 1. The van der Waals surface area contributed by atoms with Crippen molar-refractivity contribution in [3.05, 3.63) is 35.4 Å². The molecule has 0 aliphatic heterocycles. The van der Waals surface area contributed by atoms with Gasteiger partial charge in [0.1, 0.15) is 11.6 Å². The van der Waals surface area contributed by atoms with Crippen molar-refractivity contribution in [1.82, 2.24) is 5.32 Å². The van der Waals surface area contributed by atoms with Gasteiger partial charge in [-0.05, 0) is 38.9 Å². The van der Waals surface area contributed by atoms with Gasteiger partial charge in [-0.25, -0.2) is 8.78 Å². The lowest BCUT2D eigenvalue weighted by Crippen LogP contribution is -2.29. The maximum absolute atomic E-state index is 13.3. The zero-order valence-electron chi connectivity index (χ0n) is 10.5. The average Bonchev–Trinajstić information content (AvgIpc) is 2.27. The number of nitrogens with one attached hydrogen (secondary N) is 1. The van der Waals surface area contributed by atoms with Gasteiger partial charge < -0.3 is 10.4 Å². The van der Waals surface area contributed by atoms with Crippen molar-refractivity contribution in [3.8, 4) is 0 Å². The highest BCUT2D eigenvalue weighted by atomic mass is 19.1. The zero-order valence-corrected chi connectivity index (χ0v) is 10.5. The van der Waals surface area contributed by atoms with Crippen LogP contribution in [-0.4, -0.2) is 17.6 Å². The largest absolute Gasteiger partial charge is 0.481 e. The summed E-state index contributed by atoms with van der Waals surface area (Å²) in [7, 11) is 0. The molecule has 0 saturated heterocycles. The van der Waals surface area contributed by atoms with E-state index in [-0.39, 0.29) is 12.1 Å². The number of hydrogen-bond donors (Lipinski definition) is 2. The standard InChI is InChI=1S/C13H17F2NO2/c1-13(2,12(17)18)6-7-16-8-9-10(14)4-3-5-11(9)15/h3-5,16H,6-8H2,1-2H3,(H,17,18). The number of benzene rings is 1. The molecule has 0 radical (unpaired) electrons. The molecule has 0 unspecified atom stereocenters. The molecule has 3 nitrogen and oxygen atoms in total. The second kappa shape index (κ2) is 5.91. The van der Waals surface area contributed by atoms with E-state index in [1.54, 1.807) is 13.8 Å². The van der Waals surface area contributed by atoms with Crippen LogP contribution in [0.1, 0.15) is 25.8 Å². The van der Waals surface area contributed by atoms with Gasteiger partial charge in [0.2, 0.25) is 0 Å². The molecule has 0 bridgehead atoms. The number of hydrogen-bond acceptors (Lipinski definition) is 2. The van der Waals surface area contributed by atoms with Crippen LogP contribution in [-0.2, 0) is 11.3 Å². The summed E-state index contributed by atoms with van der Waals surface area (Å²) in [6, 6.07) is 3.70. The lowest BCUT2D eigenvalue weighted by molar-refractivity contribution is -0.147. The molecule has 0 fully saturated rings. The monoisotopic (exact) mass is 257 g/mol. The Morgan fingerprint density at radius 1 is 1.33 bits per heavy atom. The minimum atomic E-state index is -0.888. The van der Waals surface area contributed by atoms with E-state index in [1.807, 2.05) is 0 Å². The lowest BCUT2D eigenvalue weighted by atomic mass is 9.90. The Balaban J connectivity index is 2.46. The fraction of sp³-hybridized carbons (Fsp3) is 0.462. The van der Waals surface area contributed by atoms with E-state index in [4.69, 9.17) is 5.11 Å². The van der Waals surface area contributed by atoms with Crippen molar-refractivity contribution in [2.75, 3.05) is 6.54 Å². The SMILES string of the molecule is CC(C)(CCNCc1c(F)cccc1F)C(=O)O. The Bertz CT molecular complexity index is 413. The van der Waals surface area contributed by atoms with E-state index < -0.39 is 23.0 Å².